The van der Waals surface area contributed by atoms with Crippen LogP contribution in [0.25, 0.3) is 0 Å². The fraction of sp³-hybridized carbons (Fsp3) is 0.421. The predicted molar refractivity (Wildman–Crippen MR) is 104 cm³/mol. The Morgan fingerprint density at radius 2 is 1.96 bits per heavy atom. The van der Waals surface area contributed by atoms with Crippen LogP contribution in [0.4, 0.5) is 0 Å². The molecule has 0 N–H and O–H groups in total. The molecule has 1 aromatic heterocycles. The number of rotatable bonds is 6. The summed E-state index contributed by atoms with van der Waals surface area (Å²) in [5.41, 5.74) is 2.50. The van der Waals surface area contributed by atoms with E-state index >= 15 is 0 Å². The van der Waals surface area contributed by atoms with Gasteiger partial charge in [-0.2, -0.15) is 0 Å². The normalized spacial score (nSPS) is 18.8. The minimum absolute atomic E-state index is 0.0595. The van der Waals surface area contributed by atoms with E-state index in [0.29, 0.717) is 17.7 Å². The number of aryl methyl sites for hydroxylation is 1. The number of Topliss-reactive ketones (excluding diaryl/α,β-unsaturated/α-hetero) is 1. The third kappa shape index (κ3) is 3.99. The van der Waals surface area contributed by atoms with Gasteiger partial charge in [0, 0.05) is 27.9 Å². The van der Waals surface area contributed by atoms with Crippen LogP contribution in [-0.2, 0) is 9.84 Å². The maximum absolute atomic E-state index is 12.7. The number of hydrogen-bond acceptors (Lipinski definition) is 5. The van der Waals surface area contributed by atoms with Crippen LogP contribution >= 0.6 is 11.8 Å². The minimum atomic E-state index is -2.96. The van der Waals surface area contributed by atoms with E-state index in [1.807, 2.05) is 48.7 Å². The van der Waals surface area contributed by atoms with Gasteiger partial charge in [0.2, 0.25) is 0 Å². The average Bonchev–Trinajstić information content (AvgIpc) is 3.11. The number of carbonyl (C=O) groups excluding carboxylic acids is 1. The Bertz CT molecular complexity index is 914. The summed E-state index contributed by atoms with van der Waals surface area (Å²) in [6.45, 7) is 3.84. The van der Waals surface area contributed by atoms with Crippen molar-refractivity contribution in [3.05, 3.63) is 47.3 Å². The van der Waals surface area contributed by atoms with E-state index in [1.54, 1.807) is 7.11 Å². The molecule has 0 amide bonds. The summed E-state index contributed by atoms with van der Waals surface area (Å²) >= 11 is 1.49. The quantitative estimate of drug-likeness (QED) is 0.556. The maximum Gasteiger partial charge on any atom is 0.174 e. The van der Waals surface area contributed by atoms with Crippen LogP contribution < -0.4 is 4.74 Å². The van der Waals surface area contributed by atoms with Crippen LogP contribution in [-0.4, -0.2) is 43.1 Å². The fourth-order valence-corrected chi connectivity index (χ4v) is 5.98. The molecule has 1 saturated heterocycles. The van der Waals surface area contributed by atoms with Crippen molar-refractivity contribution < 1.29 is 17.9 Å². The van der Waals surface area contributed by atoms with Gasteiger partial charge in [0.05, 0.1) is 24.4 Å². The highest BCUT2D eigenvalue weighted by atomic mass is 32.2. The molecule has 0 spiro atoms. The highest BCUT2D eigenvalue weighted by molar-refractivity contribution is 8.00. The lowest BCUT2D eigenvalue weighted by molar-refractivity contribution is 0.102. The van der Waals surface area contributed by atoms with Crippen LogP contribution in [0.15, 0.2) is 35.2 Å². The van der Waals surface area contributed by atoms with E-state index < -0.39 is 9.84 Å². The van der Waals surface area contributed by atoms with Crippen LogP contribution in [0.3, 0.4) is 0 Å². The molecule has 2 aromatic rings. The third-order valence-electron chi connectivity index (χ3n) is 4.79. The highest BCUT2D eigenvalue weighted by Crippen LogP contribution is 2.30. The minimum Gasteiger partial charge on any atom is -0.497 e. The highest BCUT2D eigenvalue weighted by Gasteiger charge is 2.31. The summed E-state index contributed by atoms with van der Waals surface area (Å²) in [6.07, 6.45) is 0.618. The van der Waals surface area contributed by atoms with E-state index in [2.05, 4.69) is 0 Å². The van der Waals surface area contributed by atoms with E-state index in [1.165, 1.54) is 11.8 Å². The van der Waals surface area contributed by atoms with Crippen LogP contribution in [0.2, 0.25) is 0 Å². The smallest absolute Gasteiger partial charge is 0.174 e. The van der Waals surface area contributed by atoms with Crippen molar-refractivity contribution in [1.82, 2.24) is 4.57 Å². The van der Waals surface area contributed by atoms with E-state index in [9.17, 15) is 13.2 Å². The van der Waals surface area contributed by atoms with Gasteiger partial charge < -0.3 is 9.30 Å². The number of aromatic nitrogens is 1. The van der Waals surface area contributed by atoms with Crippen molar-refractivity contribution in [2.24, 2.45) is 0 Å². The first-order valence-corrected chi connectivity index (χ1v) is 11.3. The van der Waals surface area contributed by atoms with Crippen molar-refractivity contribution in [3.63, 3.8) is 0 Å². The molecule has 0 unspecified atom stereocenters. The molecule has 1 aliphatic rings. The van der Waals surface area contributed by atoms with Crippen molar-refractivity contribution in [1.29, 1.82) is 0 Å². The van der Waals surface area contributed by atoms with Gasteiger partial charge >= 0.3 is 0 Å². The zero-order chi connectivity index (χ0) is 18.9. The zero-order valence-corrected chi connectivity index (χ0v) is 16.8. The van der Waals surface area contributed by atoms with Gasteiger partial charge in [0.1, 0.15) is 5.75 Å². The summed E-state index contributed by atoms with van der Waals surface area (Å²) in [4.78, 5) is 13.7. The van der Waals surface area contributed by atoms with Crippen molar-refractivity contribution >= 4 is 27.4 Å². The molecule has 0 radical (unpaired) electrons. The summed E-state index contributed by atoms with van der Waals surface area (Å²) < 4.78 is 30.7. The SMILES string of the molecule is COc1ccc(SCC(=O)c2cc(C)n([C@@H]3CCS(=O)(=O)C3)c2C)cc1. The van der Waals surface area contributed by atoms with Crippen LogP contribution in [0.5, 0.6) is 5.75 Å². The molecule has 1 fully saturated rings. The summed E-state index contributed by atoms with van der Waals surface area (Å²) in [6, 6.07) is 9.44. The molecule has 0 bridgehead atoms. The number of methoxy groups -OCH3 is 1. The second-order valence-corrected chi connectivity index (χ2v) is 9.88. The number of thioether (sulfide) groups is 1. The molecule has 1 aliphatic heterocycles. The Morgan fingerprint density at radius 3 is 2.54 bits per heavy atom. The first-order chi connectivity index (χ1) is 12.3. The standard InChI is InChI=1S/C19H23NO4S2/c1-13-10-18(14(2)20(13)15-8-9-26(22,23)12-15)19(21)11-25-17-6-4-16(24-3)5-7-17/h4-7,10,15H,8-9,11-12H2,1-3H3/t15-/m1/s1. The molecule has 26 heavy (non-hydrogen) atoms. The molecule has 0 saturated carbocycles. The lowest BCUT2D eigenvalue weighted by Gasteiger charge is -2.16. The molecule has 2 heterocycles. The molecule has 140 valence electrons. The molecular formula is C19H23NO4S2. The van der Waals surface area contributed by atoms with Gasteiger partial charge in [-0.1, -0.05) is 0 Å². The van der Waals surface area contributed by atoms with Crippen LogP contribution in [0.1, 0.15) is 34.2 Å². The van der Waals surface area contributed by atoms with Gasteiger partial charge in [-0.3, -0.25) is 4.79 Å². The Hall–Kier alpha value is -1.73. The molecule has 7 heteroatoms. The second-order valence-electron chi connectivity index (χ2n) is 6.60. The number of nitrogens with zero attached hydrogens (tertiary/aromatic N) is 1. The lowest BCUT2D eigenvalue weighted by Crippen LogP contribution is -2.14. The van der Waals surface area contributed by atoms with Gasteiger partial charge in [0.15, 0.2) is 15.6 Å². The Balaban J connectivity index is 1.72. The Kier molecular flexibility index (Phi) is 5.48. The largest absolute Gasteiger partial charge is 0.497 e. The second kappa shape index (κ2) is 7.48. The first kappa shape index (κ1) is 19.0. The van der Waals surface area contributed by atoms with Gasteiger partial charge in [-0.05, 0) is 50.6 Å². The summed E-state index contributed by atoms with van der Waals surface area (Å²) in [5.74, 6) is 1.59. The van der Waals surface area contributed by atoms with Crippen molar-refractivity contribution in [3.8, 4) is 5.75 Å². The summed E-state index contributed by atoms with van der Waals surface area (Å²) in [7, 11) is -1.34. The Labute approximate surface area is 158 Å². The van der Waals surface area contributed by atoms with E-state index in [4.69, 9.17) is 4.74 Å². The lowest BCUT2D eigenvalue weighted by atomic mass is 10.2. The predicted octanol–water partition coefficient (Wildman–Crippen LogP) is 3.45. The Morgan fingerprint density at radius 1 is 1.27 bits per heavy atom. The fourth-order valence-electron chi connectivity index (χ4n) is 3.50. The van der Waals surface area contributed by atoms with E-state index in [-0.39, 0.29) is 23.3 Å². The van der Waals surface area contributed by atoms with Gasteiger partial charge in [-0.15, -0.1) is 11.8 Å². The van der Waals surface area contributed by atoms with Gasteiger partial charge in [0.25, 0.3) is 0 Å². The van der Waals surface area contributed by atoms with E-state index in [0.717, 1.165) is 22.0 Å². The number of ether oxygens (including phenoxy) is 1. The average molecular weight is 394 g/mol. The maximum atomic E-state index is 12.7. The monoisotopic (exact) mass is 393 g/mol. The van der Waals surface area contributed by atoms with Gasteiger partial charge in [-0.25, -0.2) is 8.42 Å². The molecule has 1 atom stereocenters. The molecule has 1 aromatic carbocycles. The zero-order valence-electron chi connectivity index (χ0n) is 15.2. The topological polar surface area (TPSA) is 65.4 Å². The molecule has 5 nitrogen and oxygen atoms in total. The number of sulfone groups is 1. The molecule has 0 aliphatic carbocycles. The molecular weight excluding hydrogens is 370 g/mol. The number of ketones is 1. The third-order valence-corrected chi connectivity index (χ3v) is 7.55. The number of carbonyl (C=O) groups is 1. The van der Waals surface area contributed by atoms with Crippen molar-refractivity contribution in [2.75, 3.05) is 24.4 Å². The van der Waals surface area contributed by atoms with Crippen LogP contribution in [0, 0.1) is 13.8 Å². The molecule has 3 rings (SSSR count). The first-order valence-electron chi connectivity index (χ1n) is 8.49. The summed E-state index contributed by atoms with van der Waals surface area (Å²) in [5, 5.41) is 0. The van der Waals surface area contributed by atoms with Crippen molar-refractivity contribution in [2.45, 2.75) is 31.2 Å². The number of benzene rings is 1. The number of hydrogen-bond donors (Lipinski definition) is 0.